The zero-order valence-electron chi connectivity index (χ0n) is 24.8. The minimum atomic E-state index is -0.268. The predicted octanol–water partition coefficient (Wildman–Crippen LogP) is 4.14. The summed E-state index contributed by atoms with van der Waals surface area (Å²) in [4.78, 5) is 41.8. The molecule has 0 bridgehead atoms. The number of nitrogens with two attached hydrogens (primary N) is 1. The van der Waals surface area contributed by atoms with E-state index < -0.39 is 0 Å². The van der Waals surface area contributed by atoms with Crippen LogP contribution < -0.4 is 11.1 Å². The summed E-state index contributed by atoms with van der Waals surface area (Å²) in [6, 6.07) is 25.4. The van der Waals surface area contributed by atoms with Crippen LogP contribution in [0.4, 0.5) is 0 Å². The summed E-state index contributed by atoms with van der Waals surface area (Å²) in [6.45, 7) is 6.12. The summed E-state index contributed by atoms with van der Waals surface area (Å²) in [7, 11) is 0. The van der Waals surface area contributed by atoms with Gasteiger partial charge in [-0.1, -0.05) is 72.8 Å². The van der Waals surface area contributed by atoms with Gasteiger partial charge in [0.1, 0.15) is 6.10 Å². The highest BCUT2D eigenvalue weighted by Gasteiger charge is 2.25. The third-order valence-electron chi connectivity index (χ3n) is 8.60. The minimum Gasteiger partial charge on any atom is -0.459 e. The first-order chi connectivity index (χ1) is 21.0. The Hall–Kier alpha value is -3.85. The van der Waals surface area contributed by atoms with E-state index in [1.165, 1.54) is 0 Å². The first-order valence-electron chi connectivity index (χ1n) is 15.4. The number of carbonyl (C=O) groups is 3. The molecule has 1 amide bonds. The third-order valence-corrected chi connectivity index (χ3v) is 8.60. The summed E-state index contributed by atoms with van der Waals surface area (Å²) in [5, 5.41) is 3.29. The van der Waals surface area contributed by atoms with E-state index in [1.807, 2.05) is 78.9 Å². The molecule has 0 radical (unpaired) electrons. The van der Waals surface area contributed by atoms with Crippen molar-refractivity contribution in [2.45, 2.75) is 38.3 Å². The first-order valence-corrected chi connectivity index (χ1v) is 15.4. The van der Waals surface area contributed by atoms with Gasteiger partial charge >= 0.3 is 5.97 Å². The number of esters is 1. The van der Waals surface area contributed by atoms with Crippen molar-refractivity contribution in [3.05, 3.63) is 95.6 Å². The first kappa shape index (κ1) is 30.6. The van der Waals surface area contributed by atoms with Crippen LogP contribution in [0.3, 0.4) is 0 Å². The van der Waals surface area contributed by atoms with Crippen LogP contribution in [-0.2, 0) is 16.1 Å². The van der Waals surface area contributed by atoms with Crippen molar-refractivity contribution in [2.75, 3.05) is 45.8 Å². The molecular weight excluding hydrogens is 540 g/mol. The monoisotopic (exact) mass is 582 g/mol. The van der Waals surface area contributed by atoms with Crippen molar-refractivity contribution in [3.8, 4) is 11.1 Å². The third kappa shape index (κ3) is 8.60. The van der Waals surface area contributed by atoms with Crippen LogP contribution in [0.15, 0.2) is 78.9 Å². The van der Waals surface area contributed by atoms with E-state index >= 15 is 0 Å². The molecule has 0 spiro atoms. The summed E-state index contributed by atoms with van der Waals surface area (Å²) >= 11 is 0. The van der Waals surface area contributed by atoms with Crippen LogP contribution in [0.2, 0.25) is 0 Å². The van der Waals surface area contributed by atoms with Crippen LogP contribution in [0.1, 0.15) is 52.0 Å². The van der Waals surface area contributed by atoms with E-state index in [9.17, 15) is 14.4 Å². The second-order valence-electron chi connectivity index (χ2n) is 11.6. The fourth-order valence-corrected chi connectivity index (χ4v) is 5.97. The molecule has 2 aliphatic rings. The summed E-state index contributed by atoms with van der Waals surface area (Å²) < 4.78 is 5.91. The van der Waals surface area contributed by atoms with Gasteiger partial charge in [-0.3, -0.25) is 14.5 Å². The van der Waals surface area contributed by atoms with Crippen molar-refractivity contribution in [2.24, 2.45) is 11.7 Å². The standard InChI is InChI=1S/C35H42N4O4/c36-34(41)29-14-19-39(20-15-29)25-26-10-12-28(13-11-26)33(40)24-37-18-23-38-21-16-30(17-22-38)43-35(42)32-9-5-4-8-31(32)27-6-2-1-3-7-27/h1-13,29-30,37H,14-25H2,(H2,36,41). The Morgan fingerprint density at radius 3 is 2.14 bits per heavy atom. The molecule has 0 saturated carbocycles. The maximum atomic E-state index is 13.0. The van der Waals surface area contributed by atoms with Crippen LogP contribution in [0, 0.1) is 5.92 Å². The normalized spacial score (nSPS) is 17.0. The Morgan fingerprint density at radius 2 is 1.44 bits per heavy atom. The molecule has 2 heterocycles. The SMILES string of the molecule is NC(=O)C1CCN(Cc2ccc(C(=O)CNCCN3CCC(OC(=O)c4ccccc4-c4ccccc4)CC3)cc2)CC1. The topological polar surface area (TPSA) is 105 Å². The summed E-state index contributed by atoms with van der Waals surface area (Å²) in [5.41, 5.74) is 9.80. The van der Waals surface area contributed by atoms with Crippen LogP contribution in [0.25, 0.3) is 11.1 Å². The highest BCUT2D eigenvalue weighted by molar-refractivity contribution is 5.98. The lowest BCUT2D eigenvalue weighted by atomic mass is 9.96. The number of likely N-dealkylation sites (tertiary alicyclic amines) is 2. The number of ether oxygens (including phenoxy) is 1. The highest BCUT2D eigenvalue weighted by atomic mass is 16.5. The van der Waals surface area contributed by atoms with E-state index in [-0.39, 0.29) is 29.7 Å². The fraction of sp³-hybridized carbons (Fsp3) is 0.400. The zero-order valence-corrected chi connectivity index (χ0v) is 24.8. The summed E-state index contributed by atoms with van der Waals surface area (Å²) in [6.07, 6.45) is 3.13. The van der Waals surface area contributed by atoms with Gasteiger partial charge < -0.3 is 20.7 Å². The Labute approximate surface area is 254 Å². The lowest BCUT2D eigenvalue weighted by Crippen LogP contribution is -2.41. The van der Waals surface area contributed by atoms with E-state index in [2.05, 4.69) is 15.1 Å². The molecule has 0 aromatic heterocycles. The quantitative estimate of drug-likeness (QED) is 0.188. The minimum absolute atomic E-state index is 0.00520. The second-order valence-corrected chi connectivity index (χ2v) is 11.6. The molecule has 8 nitrogen and oxygen atoms in total. The van der Waals surface area contributed by atoms with Gasteiger partial charge in [0.05, 0.1) is 12.1 Å². The van der Waals surface area contributed by atoms with Crippen molar-refractivity contribution in [3.63, 3.8) is 0 Å². The summed E-state index contributed by atoms with van der Waals surface area (Å²) in [5.74, 6) is -0.388. The Balaban J connectivity index is 0.982. The van der Waals surface area contributed by atoms with Crippen molar-refractivity contribution in [1.82, 2.24) is 15.1 Å². The van der Waals surface area contributed by atoms with Crippen LogP contribution in [0.5, 0.6) is 0 Å². The number of rotatable bonds is 12. The largest absolute Gasteiger partial charge is 0.459 e. The van der Waals surface area contributed by atoms with Gasteiger partial charge in [-0.05, 0) is 61.5 Å². The van der Waals surface area contributed by atoms with E-state index in [4.69, 9.17) is 10.5 Å². The number of benzene rings is 3. The number of nitrogens with one attached hydrogen (secondary N) is 1. The molecule has 0 unspecified atom stereocenters. The maximum absolute atomic E-state index is 13.0. The highest BCUT2D eigenvalue weighted by Crippen LogP contribution is 2.25. The number of amides is 1. The average molecular weight is 583 g/mol. The molecule has 0 atom stereocenters. The van der Waals surface area contributed by atoms with Gasteiger partial charge in [-0.25, -0.2) is 4.79 Å². The molecular formula is C35H42N4O4. The Bertz CT molecular complexity index is 1360. The molecule has 5 rings (SSSR count). The number of hydrogen-bond acceptors (Lipinski definition) is 7. The number of ketones is 1. The van der Waals surface area contributed by atoms with E-state index in [0.717, 1.165) is 88.2 Å². The van der Waals surface area contributed by atoms with Crippen molar-refractivity contribution < 1.29 is 19.1 Å². The van der Waals surface area contributed by atoms with Gasteiger partial charge in [0, 0.05) is 44.2 Å². The number of Topliss-reactive ketones (excluding diaryl/α,β-unsaturated/α-hetero) is 1. The van der Waals surface area contributed by atoms with Gasteiger partial charge in [-0.15, -0.1) is 0 Å². The smallest absolute Gasteiger partial charge is 0.339 e. The Kier molecular flexibility index (Phi) is 10.7. The number of carbonyl (C=O) groups excluding carboxylic acids is 3. The molecule has 3 aromatic carbocycles. The fourth-order valence-electron chi connectivity index (χ4n) is 5.97. The molecule has 3 N–H and O–H groups in total. The van der Waals surface area contributed by atoms with Crippen LogP contribution >= 0.6 is 0 Å². The average Bonchev–Trinajstić information content (AvgIpc) is 3.05. The lowest BCUT2D eigenvalue weighted by Gasteiger charge is -2.31. The van der Waals surface area contributed by atoms with E-state index in [1.54, 1.807) is 0 Å². The molecule has 43 heavy (non-hydrogen) atoms. The van der Waals surface area contributed by atoms with Gasteiger partial charge in [0.2, 0.25) is 5.91 Å². The van der Waals surface area contributed by atoms with E-state index in [0.29, 0.717) is 17.7 Å². The zero-order chi connectivity index (χ0) is 30.0. The van der Waals surface area contributed by atoms with Crippen molar-refractivity contribution >= 4 is 17.7 Å². The van der Waals surface area contributed by atoms with Crippen molar-refractivity contribution in [1.29, 1.82) is 0 Å². The van der Waals surface area contributed by atoms with Crippen LogP contribution in [-0.4, -0.2) is 79.4 Å². The lowest BCUT2D eigenvalue weighted by molar-refractivity contribution is -0.123. The molecule has 8 heteroatoms. The maximum Gasteiger partial charge on any atom is 0.339 e. The molecule has 226 valence electrons. The number of primary amides is 1. The molecule has 2 saturated heterocycles. The number of hydrogen-bond donors (Lipinski definition) is 2. The van der Waals surface area contributed by atoms with Gasteiger partial charge in [-0.2, -0.15) is 0 Å². The molecule has 3 aromatic rings. The van der Waals surface area contributed by atoms with Gasteiger partial charge in [0.25, 0.3) is 0 Å². The number of nitrogens with zero attached hydrogens (tertiary/aromatic N) is 2. The van der Waals surface area contributed by atoms with Gasteiger partial charge in [0.15, 0.2) is 5.78 Å². The molecule has 2 aliphatic heterocycles. The second kappa shape index (κ2) is 15.0. The Morgan fingerprint density at radius 1 is 0.791 bits per heavy atom. The molecule has 2 fully saturated rings. The number of piperidine rings is 2. The molecule has 0 aliphatic carbocycles. The predicted molar refractivity (Wildman–Crippen MR) is 168 cm³/mol.